The number of rotatable bonds is 4. The normalized spacial score (nSPS) is 19.2. The lowest BCUT2D eigenvalue weighted by Crippen LogP contribution is -2.40. The average molecular weight is 245 g/mol. The summed E-state index contributed by atoms with van der Waals surface area (Å²) >= 11 is 0. The molecule has 0 radical (unpaired) electrons. The molecule has 98 valence electrons. The number of hydrogen-bond acceptors (Lipinski definition) is 3. The van der Waals surface area contributed by atoms with Crippen LogP contribution < -0.4 is 5.32 Å². The van der Waals surface area contributed by atoms with Gasteiger partial charge in [0, 0.05) is 12.2 Å². The van der Waals surface area contributed by atoms with Crippen molar-refractivity contribution < 1.29 is 0 Å². The zero-order valence-corrected chi connectivity index (χ0v) is 11.6. The molecule has 0 amide bonds. The Kier molecular flexibility index (Phi) is 4.24. The van der Waals surface area contributed by atoms with Crippen molar-refractivity contribution in [3.63, 3.8) is 0 Å². The van der Waals surface area contributed by atoms with E-state index in [9.17, 15) is 0 Å². The SMILES string of the molecule is CCN1C(Nc2ccccc2)=NC[C@@H]1CC(C)C. The lowest BCUT2D eigenvalue weighted by atomic mass is 10.0. The second-order valence-electron chi connectivity index (χ2n) is 5.22. The van der Waals surface area contributed by atoms with Gasteiger partial charge in [-0.25, -0.2) is 0 Å². The Morgan fingerprint density at radius 3 is 2.67 bits per heavy atom. The van der Waals surface area contributed by atoms with Crippen LogP contribution in [0.15, 0.2) is 35.3 Å². The molecular formula is C15H23N3. The highest BCUT2D eigenvalue weighted by Crippen LogP contribution is 2.19. The maximum absolute atomic E-state index is 4.65. The maximum Gasteiger partial charge on any atom is 0.198 e. The molecule has 2 rings (SSSR count). The highest BCUT2D eigenvalue weighted by atomic mass is 15.4. The summed E-state index contributed by atoms with van der Waals surface area (Å²) in [4.78, 5) is 7.03. The van der Waals surface area contributed by atoms with Gasteiger partial charge in [0.05, 0.1) is 12.6 Å². The summed E-state index contributed by atoms with van der Waals surface area (Å²) in [7, 11) is 0. The van der Waals surface area contributed by atoms with Crippen LogP contribution in [-0.2, 0) is 0 Å². The molecule has 1 aliphatic heterocycles. The largest absolute Gasteiger partial charge is 0.338 e. The second kappa shape index (κ2) is 5.89. The Morgan fingerprint density at radius 2 is 2.06 bits per heavy atom. The van der Waals surface area contributed by atoms with Crippen LogP contribution in [0.1, 0.15) is 27.2 Å². The van der Waals surface area contributed by atoms with E-state index in [1.165, 1.54) is 6.42 Å². The van der Waals surface area contributed by atoms with Crippen molar-refractivity contribution in [2.24, 2.45) is 10.9 Å². The van der Waals surface area contributed by atoms with Crippen LogP contribution in [0.25, 0.3) is 0 Å². The summed E-state index contributed by atoms with van der Waals surface area (Å²) in [6.07, 6.45) is 1.21. The zero-order valence-electron chi connectivity index (χ0n) is 11.6. The summed E-state index contributed by atoms with van der Waals surface area (Å²) in [5.41, 5.74) is 1.11. The molecule has 0 bridgehead atoms. The third-order valence-corrected chi connectivity index (χ3v) is 3.28. The van der Waals surface area contributed by atoms with Crippen molar-refractivity contribution in [2.75, 3.05) is 18.4 Å². The fourth-order valence-corrected chi connectivity index (χ4v) is 2.47. The number of benzene rings is 1. The highest BCUT2D eigenvalue weighted by Gasteiger charge is 2.26. The van der Waals surface area contributed by atoms with Gasteiger partial charge in [-0.1, -0.05) is 32.0 Å². The molecule has 0 unspecified atom stereocenters. The van der Waals surface area contributed by atoms with E-state index in [0.717, 1.165) is 30.7 Å². The molecule has 3 nitrogen and oxygen atoms in total. The molecule has 1 aromatic carbocycles. The van der Waals surface area contributed by atoms with Gasteiger partial charge in [0.2, 0.25) is 0 Å². The second-order valence-corrected chi connectivity index (χ2v) is 5.22. The number of hydrogen-bond donors (Lipinski definition) is 1. The molecule has 1 aliphatic rings. The van der Waals surface area contributed by atoms with E-state index >= 15 is 0 Å². The Balaban J connectivity index is 2.01. The third-order valence-electron chi connectivity index (χ3n) is 3.28. The lowest BCUT2D eigenvalue weighted by Gasteiger charge is -2.28. The molecule has 1 heterocycles. The van der Waals surface area contributed by atoms with Gasteiger partial charge >= 0.3 is 0 Å². The number of para-hydroxylation sites is 1. The van der Waals surface area contributed by atoms with Crippen molar-refractivity contribution in [3.05, 3.63) is 30.3 Å². The van der Waals surface area contributed by atoms with Crippen LogP contribution in [0.2, 0.25) is 0 Å². The average Bonchev–Trinajstić information content (AvgIpc) is 2.72. The molecule has 0 saturated carbocycles. The van der Waals surface area contributed by atoms with E-state index in [-0.39, 0.29) is 0 Å². The smallest absolute Gasteiger partial charge is 0.198 e. The van der Waals surface area contributed by atoms with E-state index in [0.29, 0.717) is 6.04 Å². The van der Waals surface area contributed by atoms with Crippen LogP contribution in [0.5, 0.6) is 0 Å². The van der Waals surface area contributed by atoms with Gasteiger partial charge in [0.1, 0.15) is 0 Å². The predicted octanol–water partition coefficient (Wildman–Crippen LogP) is 3.20. The topological polar surface area (TPSA) is 27.6 Å². The molecule has 0 aliphatic carbocycles. The minimum Gasteiger partial charge on any atom is -0.338 e. The quantitative estimate of drug-likeness (QED) is 0.882. The maximum atomic E-state index is 4.65. The minimum absolute atomic E-state index is 0.557. The summed E-state index contributed by atoms with van der Waals surface area (Å²) < 4.78 is 0. The van der Waals surface area contributed by atoms with E-state index in [4.69, 9.17) is 0 Å². The monoisotopic (exact) mass is 245 g/mol. The molecule has 0 saturated heterocycles. The van der Waals surface area contributed by atoms with E-state index in [1.54, 1.807) is 0 Å². The first-order chi connectivity index (χ1) is 8.70. The van der Waals surface area contributed by atoms with Crippen LogP contribution in [0.4, 0.5) is 5.69 Å². The number of nitrogens with zero attached hydrogens (tertiary/aromatic N) is 2. The Bertz CT molecular complexity index is 397. The van der Waals surface area contributed by atoms with Gasteiger partial charge in [0.15, 0.2) is 5.96 Å². The first-order valence-corrected chi connectivity index (χ1v) is 6.84. The minimum atomic E-state index is 0.557. The number of anilines is 1. The van der Waals surface area contributed by atoms with Gasteiger partial charge in [0.25, 0.3) is 0 Å². The first kappa shape index (κ1) is 12.9. The summed E-state index contributed by atoms with van der Waals surface area (Å²) in [6, 6.07) is 10.8. The predicted molar refractivity (Wildman–Crippen MR) is 78.0 cm³/mol. The summed E-state index contributed by atoms with van der Waals surface area (Å²) in [6.45, 7) is 8.67. The van der Waals surface area contributed by atoms with E-state index in [2.05, 4.69) is 48.1 Å². The Labute approximate surface area is 110 Å². The third kappa shape index (κ3) is 3.03. The van der Waals surface area contributed by atoms with Gasteiger partial charge in [-0.3, -0.25) is 4.99 Å². The van der Waals surface area contributed by atoms with Crippen LogP contribution in [0.3, 0.4) is 0 Å². The molecule has 1 aromatic rings. The van der Waals surface area contributed by atoms with Gasteiger partial charge in [-0.2, -0.15) is 0 Å². The zero-order chi connectivity index (χ0) is 13.0. The first-order valence-electron chi connectivity index (χ1n) is 6.84. The van der Waals surface area contributed by atoms with Gasteiger partial charge in [-0.05, 0) is 31.4 Å². The molecule has 1 N–H and O–H groups in total. The molecule has 3 heteroatoms. The number of guanidine groups is 1. The fraction of sp³-hybridized carbons (Fsp3) is 0.533. The standard InChI is InChI=1S/C15H23N3/c1-4-18-14(10-12(2)3)11-16-15(18)17-13-8-6-5-7-9-13/h5-9,12,14H,4,10-11H2,1-3H3,(H,16,17)/t14-/m0/s1. The fourth-order valence-electron chi connectivity index (χ4n) is 2.47. The molecule has 0 aromatic heterocycles. The van der Waals surface area contributed by atoms with Gasteiger partial charge < -0.3 is 10.2 Å². The van der Waals surface area contributed by atoms with Gasteiger partial charge in [-0.15, -0.1) is 0 Å². The number of aliphatic imine (C=N–C) groups is 1. The van der Waals surface area contributed by atoms with E-state index in [1.807, 2.05) is 18.2 Å². The Hall–Kier alpha value is -1.51. The molecule has 1 atom stereocenters. The van der Waals surface area contributed by atoms with Crippen molar-refractivity contribution in [1.82, 2.24) is 4.90 Å². The van der Waals surface area contributed by atoms with Crippen molar-refractivity contribution >= 4 is 11.6 Å². The molecule has 0 fully saturated rings. The molecular weight excluding hydrogens is 222 g/mol. The van der Waals surface area contributed by atoms with Crippen LogP contribution in [-0.4, -0.2) is 30.0 Å². The van der Waals surface area contributed by atoms with Crippen molar-refractivity contribution in [1.29, 1.82) is 0 Å². The van der Waals surface area contributed by atoms with E-state index < -0.39 is 0 Å². The number of nitrogens with one attached hydrogen (secondary N) is 1. The summed E-state index contributed by atoms with van der Waals surface area (Å²) in [5, 5.41) is 3.42. The Morgan fingerprint density at radius 1 is 1.33 bits per heavy atom. The van der Waals surface area contributed by atoms with Crippen LogP contribution in [0, 0.1) is 5.92 Å². The molecule has 0 spiro atoms. The van der Waals surface area contributed by atoms with Crippen LogP contribution >= 0.6 is 0 Å². The number of likely N-dealkylation sites (N-methyl/N-ethyl adjacent to an activating group) is 1. The summed E-state index contributed by atoms with van der Waals surface area (Å²) in [5.74, 6) is 1.74. The highest BCUT2D eigenvalue weighted by molar-refractivity contribution is 5.94. The van der Waals surface area contributed by atoms with Crippen molar-refractivity contribution in [3.8, 4) is 0 Å². The van der Waals surface area contributed by atoms with Crippen molar-refractivity contribution in [2.45, 2.75) is 33.2 Å². The lowest BCUT2D eigenvalue weighted by molar-refractivity contribution is 0.309. The molecule has 18 heavy (non-hydrogen) atoms.